The number of rotatable bonds is 18. The number of fused-ring (bicyclic) bond motifs is 2. The van der Waals surface area contributed by atoms with E-state index in [4.69, 9.17) is 52.1 Å². The summed E-state index contributed by atoms with van der Waals surface area (Å²) < 4.78 is 67.3. The third-order valence-electron chi connectivity index (χ3n) is 25.5. The summed E-state index contributed by atoms with van der Waals surface area (Å²) in [6.07, 6.45) is -29.5. The highest BCUT2D eigenvalue weighted by Crippen LogP contribution is 2.89. The number of allylic oxidation sites excluding steroid dienone is 3. The van der Waals surface area contributed by atoms with Crippen LogP contribution in [0.1, 0.15) is 127 Å². The van der Waals surface area contributed by atoms with E-state index in [9.17, 15) is 81.1 Å². The summed E-state index contributed by atoms with van der Waals surface area (Å²) in [5.74, 6) is 0.372. The first-order valence-corrected chi connectivity index (χ1v) is 34.0. The minimum absolute atomic E-state index is 0.0102. The molecule has 0 bridgehead atoms. The van der Waals surface area contributed by atoms with Gasteiger partial charge < -0.3 is 129 Å². The summed E-state index contributed by atoms with van der Waals surface area (Å²) in [4.78, 5) is 25.6. The molecule has 11 aliphatic rings. The van der Waals surface area contributed by atoms with Crippen molar-refractivity contribution in [3.05, 3.63) is 23.8 Å². The SMILES string of the molecule is C/C(=C\C=C\[C@@H](C)[C@H]1CC[C@@]2(C)[C@@H]3CC[C@H]4C(C)(C)[C@@H](O[C@@H]5O[C@H](CO)[C@@H](O[C@@H]6O[C@@H](C)[C@H](O)[C@@H](O)[C@H]6O)[C@H](O)[C@H]5O[C@@H]5O[C@H](CO[C@@H]6O[C@H](CO)[C@@H](O)[C@H](O)[C@H]6O)[C@@H](O)[C@H](O)[C@H]5O[C@@H]5O[C@@H](C)[C@H](O)[C@@H](O)[C@H]5O)CC[C@@]45C[C@@]35CC[C@]12C)C(=O)N[C@@H]1C(=O)O[C@H](C)[C@@H]1C. The van der Waals surface area contributed by atoms with Crippen LogP contribution in [0.4, 0.5) is 0 Å². The number of carbonyl (C=O) groups is 2. The third kappa shape index (κ3) is 12.3. The molecule has 6 aliphatic heterocycles. The first-order valence-electron chi connectivity index (χ1n) is 34.0. The molecule has 15 N–H and O–H groups in total. The molecule has 0 aromatic rings. The molecule has 0 unspecified atom stereocenters. The maximum Gasteiger partial charge on any atom is 0.329 e. The van der Waals surface area contributed by atoms with Crippen LogP contribution in [-0.2, 0) is 61.7 Å². The number of cyclic esters (lactones) is 1. The van der Waals surface area contributed by atoms with Gasteiger partial charge in [0.1, 0.15) is 122 Å². The Kier molecular flexibility index (Phi) is 21.2. The molecule has 28 heteroatoms. The van der Waals surface area contributed by atoms with E-state index in [0.29, 0.717) is 23.8 Å². The van der Waals surface area contributed by atoms with Crippen molar-refractivity contribution in [2.45, 2.75) is 299 Å². The van der Waals surface area contributed by atoms with Gasteiger partial charge in [-0.2, -0.15) is 0 Å². The van der Waals surface area contributed by atoms with E-state index in [0.717, 1.165) is 51.4 Å². The van der Waals surface area contributed by atoms with Gasteiger partial charge in [-0.15, -0.1) is 0 Å². The fraction of sp³-hybridized carbons (Fsp3) is 0.909. The number of hydrogen-bond donors (Lipinski definition) is 15. The van der Waals surface area contributed by atoms with Crippen LogP contribution in [0.5, 0.6) is 0 Å². The predicted molar refractivity (Wildman–Crippen MR) is 322 cm³/mol. The van der Waals surface area contributed by atoms with Gasteiger partial charge in [0.25, 0.3) is 0 Å². The van der Waals surface area contributed by atoms with E-state index in [1.807, 2.05) is 26.0 Å². The van der Waals surface area contributed by atoms with Gasteiger partial charge >= 0.3 is 5.97 Å². The Morgan fingerprint density at radius 2 is 1.09 bits per heavy atom. The van der Waals surface area contributed by atoms with Crippen molar-refractivity contribution < 1.29 is 133 Å². The molecular formula is C66H105NO27. The highest BCUT2D eigenvalue weighted by atomic mass is 16.8. The van der Waals surface area contributed by atoms with E-state index in [2.05, 4.69) is 46.0 Å². The van der Waals surface area contributed by atoms with Crippen LogP contribution in [0.2, 0.25) is 0 Å². The van der Waals surface area contributed by atoms with Gasteiger partial charge in [-0.3, -0.25) is 4.79 Å². The van der Waals surface area contributed by atoms with E-state index >= 15 is 0 Å². The van der Waals surface area contributed by atoms with Gasteiger partial charge in [0.15, 0.2) is 31.5 Å². The van der Waals surface area contributed by atoms with Crippen molar-refractivity contribution >= 4 is 11.9 Å². The second kappa shape index (κ2) is 27.4. The Morgan fingerprint density at radius 1 is 0.553 bits per heavy atom. The van der Waals surface area contributed by atoms with E-state index in [-0.39, 0.29) is 51.4 Å². The molecule has 6 saturated heterocycles. The van der Waals surface area contributed by atoms with E-state index in [1.54, 1.807) is 6.92 Å². The van der Waals surface area contributed by atoms with Crippen molar-refractivity contribution in [3.8, 4) is 0 Å². The van der Waals surface area contributed by atoms with Crippen molar-refractivity contribution in [2.75, 3.05) is 19.8 Å². The van der Waals surface area contributed by atoms with Crippen molar-refractivity contribution in [1.82, 2.24) is 5.32 Å². The molecule has 2 spiro atoms. The lowest BCUT2D eigenvalue weighted by molar-refractivity contribution is -0.408. The van der Waals surface area contributed by atoms with Crippen LogP contribution in [0, 0.1) is 56.7 Å². The number of nitrogens with one attached hydrogen (secondary N) is 1. The van der Waals surface area contributed by atoms with Crippen LogP contribution in [-0.4, -0.2) is 275 Å². The number of ether oxygens (including phenoxy) is 11. The molecule has 5 saturated carbocycles. The van der Waals surface area contributed by atoms with Gasteiger partial charge in [-0.05, 0) is 136 Å². The molecule has 0 aromatic heterocycles. The zero-order valence-corrected chi connectivity index (χ0v) is 55.3. The molecule has 536 valence electrons. The van der Waals surface area contributed by atoms with Gasteiger partial charge in [-0.25, -0.2) is 4.79 Å². The first kappa shape index (κ1) is 72.7. The molecule has 28 nitrogen and oxygen atoms in total. The predicted octanol–water partition coefficient (Wildman–Crippen LogP) is -1.83. The van der Waals surface area contributed by atoms with Gasteiger partial charge in [0.2, 0.25) is 5.91 Å². The first-order chi connectivity index (χ1) is 44.2. The van der Waals surface area contributed by atoms with Gasteiger partial charge in [0.05, 0.1) is 38.1 Å². The highest BCUT2D eigenvalue weighted by molar-refractivity contribution is 5.96. The molecule has 11 rings (SSSR count). The highest BCUT2D eigenvalue weighted by Gasteiger charge is 2.82. The number of aliphatic hydroxyl groups is 14. The number of aliphatic hydroxyl groups excluding tert-OH is 14. The minimum Gasteiger partial charge on any atom is -0.461 e. The van der Waals surface area contributed by atoms with Gasteiger partial charge in [-0.1, -0.05) is 59.8 Å². The molecule has 0 radical (unpaired) electrons. The monoisotopic (exact) mass is 1340 g/mol. The molecule has 1 amide bonds. The standard InChI is InChI=1S/C66H105NO27/c1-26(12-11-13-27(2)55(82)67-39-28(3)29(4)85-56(39)83)32-16-18-64(10)37-15-14-36-62(7,8)38(17-19-65(36)25-66(37,65)21-20-63(32,64)9)91-60-54(51(81)52(34(23-69)89-60)92-58-49(79)44(74)40(70)30(5)86-58)94-61-53(93-59-50(80)45(75)41(71)31(6)87-59)47(77)43(73)35(90-61)24-84-57-48(78)46(76)42(72)33(22-68)88-57/h11-13,26,28-54,57-61,68-81H,14-25H2,1-10H3,(H,67,82)/b12-11+,27-13+/t26-,28+,29-,30+,31+,32-,33-,34-,35-,36+,37+,38+,39+,40+,41+,42-,43-,44-,45-,46+,47+,48-,49-,50-,51+,52-,53-,54-,57-,58+,59+,60+,61+,63-,64+,65-,66+/m1/s1. The molecule has 94 heavy (non-hydrogen) atoms. The lowest BCUT2D eigenvalue weighted by atomic mass is 9.42. The molecule has 5 aliphatic carbocycles. The van der Waals surface area contributed by atoms with Crippen LogP contribution in [0.15, 0.2) is 23.8 Å². The second-order valence-corrected chi connectivity index (χ2v) is 30.6. The molecular weight excluding hydrogens is 1240 g/mol. The van der Waals surface area contributed by atoms with Crippen LogP contribution >= 0.6 is 0 Å². The molecule has 11 fully saturated rings. The maximum absolute atomic E-state index is 13.2. The normalized spacial score (nSPS) is 53.7. The van der Waals surface area contributed by atoms with Crippen molar-refractivity contribution in [3.63, 3.8) is 0 Å². The topological polar surface area (TPSA) is 431 Å². The zero-order valence-electron chi connectivity index (χ0n) is 55.3. The number of amides is 1. The van der Waals surface area contributed by atoms with Crippen LogP contribution in [0.3, 0.4) is 0 Å². The Morgan fingerprint density at radius 3 is 1.70 bits per heavy atom. The maximum atomic E-state index is 13.2. The molecule has 6 heterocycles. The number of esters is 1. The largest absolute Gasteiger partial charge is 0.461 e. The van der Waals surface area contributed by atoms with Crippen LogP contribution in [0.25, 0.3) is 0 Å². The third-order valence-corrected chi connectivity index (χ3v) is 25.5. The quantitative estimate of drug-likeness (QED) is 0.0311. The fourth-order valence-electron chi connectivity index (χ4n) is 19.4. The summed E-state index contributed by atoms with van der Waals surface area (Å²) in [6, 6.07) is -0.690. The van der Waals surface area contributed by atoms with Crippen molar-refractivity contribution in [2.24, 2.45) is 56.7 Å². The van der Waals surface area contributed by atoms with Gasteiger partial charge in [0, 0.05) is 11.5 Å². The average molecular weight is 1340 g/mol. The lowest BCUT2D eigenvalue weighted by Gasteiger charge is -2.63. The summed E-state index contributed by atoms with van der Waals surface area (Å²) >= 11 is 0. The summed E-state index contributed by atoms with van der Waals surface area (Å²) in [5.41, 5.74) is 0.0783. The van der Waals surface area contributed by atoms with Crippen LogP contribution < -0.4 is 5.32 Å². The fourth-order valence-corrected chi connectivity index (χ4v) is 19.4. The minimum atomic E-state index is -2.08. The Hall–Kier alpha value is -2.54. The summed E-state index contributed by atoms with van der Waals surface area (Å²) in [7, 11) is 0. The number of hydrogen-bond acceptors (Lipinski definition) is 27. The summed E-state index contributed by atoms with van der Waals surface area (Å²) in [5, 5.41) is 158. The average Bonchev–Trinajstić information content (AvgIpc) is 1.46. The van der Waals surface area contributed by atoms with E-state index in [1.165, 1.54) is 13.8 Å². The second-order valence-electron chi connectivity index (χ2n) is 30.6. The summed E-state index contributed by atoms with van der Waals surface area (Å²) in [6.45, 7) is 17.5. The Balaban J connectivity index is 0.844. The van der Waals surface area contributed by atoms with Crippen molar-refractivity contribution in [1.29, 1.82) is 0 Å². The van der Waals surface area contributed by atoms with E-state index < -0.39 is 197 Å². The number of carbonyl (C=O) groups excluding carboxylic acids is 2. The smallest absolute Gasteiger partial charge is 0.329 e. The Labute approximate surface area is 547 Å². The molecule has 0 aromatic carbocycles. The zero-order chi connectivity index (χ0) is 68.4. The lowest BCUT2D eigenvalue weighted by Crippen LogP contribution is -2.68. The Bertz CT molecular complexity index is 2730. The molecule has 37 atom stereocenters.